The van der Waals surface area contributed by atoms with Gasteiger partial charge in [-0.25, -0.2) is 4.79 Å². The largest absolute Gasteiger partial charge is 0.359 e. The molecule has 0 fully saturated rings. The fourth-order valence-corrected chi connectivity index (χ4v) is 1.49. The summed E-state index contributed by atoms with van der Waals surface area (Å²) < 4.78 is 5.10. The van der Waals surface area contributed by atoms with Crippen LogP contribution in [0.2, 0.25) is 0 Å². The predicted octanol–water partition coefficient (Wildman–Crippen LogP) is 2.40. The molecule has 0 atom stereocenters. The van der Waals surface area contributed by atoms with Crippen LogP contribution in [0.25, 0.3) is 11.3 Å². The van der Waals surface area contributed by atoms with Crippen molar-refractivity contribution in [2.45, 2.75) is 6.92 Å². The Morgan fingerprint density at radius 1 is 1.29 bits per heavy atom. The molecule has 2 amide bonds. The summed E-state index contributed by atoms with van der Waals surface area (Å²) in [5, 5.41) is 9.15. The number of hydrogen-bond acceptors (Lipinski definition) is 3. The molecule has 88 valence electrons. The average molecular weight is 231 g/mol. The third-order valence-electron chi connectivity index (χ3n) is 2.38. The highest BCUT2D eigenvalue weighted by Gasteiger charge is 2.15. The van der Waals surface area contributed by atoms with Gasteiger partial charge >= 0.3 is 6.03 Å². The van der Waals surface area contributed by atoms with E-state index < -0.39 is 0 Å². The second-order valence-corrected chi connectivity index (χ2v) is 3.53. The minimum Gasteiger partial charge on any atom is -0.359 e. The van der Waals surface area contributed by atoms with E-state index in [9.17, 15) is 4.79 Å². The van der Waals surface area contributed by atoms with Crippen molar-refractivity contribution in [1.29, 1.82) is 0 Å². The number of nitrogens with one attached hydrogen (secondary N) is 2. The number of rotatable bonds is 2. The molecule has 2 aromatic rings. The fourth-order valence-electron chi connectivity index (χ4n) is 1.49. The first-order valence-electron chi connectivity index (χ1n) is 5.23. The van der Waals surface area contributed by atoms with Crippen LogP contribution in [0, 0.1) is 6.92 Å². The van der Waals surface area contributed by atoms with Crippen molar-refractivity contribution in [2.24, 2.45) is 0 Å². The highest BCUT2D eigenvalue weighted by Crippen LogP contribution is 2.29. The second-order valence-electron chi connectivity index (χ2n) is 3.53. The molecule has 0 spiro atoms. The predicted molar refractivity (Wildman–Crippen MR) is 64.8 cm³/mol. The molecule has 0 radical (unpaired) electrons. The summed E-state index contributed by atoms with van der Waals surface area (Å²) in [5.74, 6) is 0.576. The number of urea groups is 1. The summed E-state index contributed by atoms with van der Waals surface area (Å²) in [6.45, 7) is 1.75. The molecule has 5 heteroatoms. The van der Waals surface area contributed by atoms with Gasteiger partial charge in [-0.1, -0.05) is 35.5 Å². The van der Waals surface area contributed by atoms with Gasteiger partial charge in [-0.2, -0.15) is 0 Å². The van der Waals surface area contributed by atoms with Crippen LogP contribution < -0.4 is 10.6 Å². The number of nitrogens with zero attached hydrogens (tertiary/aromatic N) is 1. The van der Waals surface area contributed by atoms with Crippen molar-refractivity contribution < 1.29 is 9.32 Å². The van der Waals surface area contributed by atoms with Crippen LogP contribution in [-0.4, -0.2) is 18.2 Å². The second kappa shape index (κ2) is 4.69. The number of hydrogen-bond donors (Lipinski definition) is 2. The Bertz CT molecular complexity index is 520. The minimum atomic E-state index is -0.298. The number of amides is 2. The van der Waals surface area contributed by atoms with Crippen molar-refractivity contribution in [2.75, 3.05) is 12.4 Å². The van der Waals surface area contributed by atoms with Crippen LogP contribution in [-0.2, 0) is 0 Å². The molecule has 2 rings (SSSR count). The highest BCUT2D eigenvalue weighted by molar-refractivity contribution is 5.93. The maximum absolute atomic E-state index is 11.3. The molecule has 1 aromatic carbocycles. The van der Waals surface area contributed by atoms with E-state index in [4.69, 9.17) is 4.52 Å². The third-order valence-corrected chi connectivity index (χ3v) is 2.38. The molecule has 0 saturated heterocycles. The Balaban J connectivity index is 2.39. The van der Waals surface area contributed by atoms with Gasteiger partial charge in [0.25, 0.3) is 0 Å². The molecule has 0 aliphatic heterocycles. The quantitative estimate of drug-likeness (QED) is 0.834. The van der Waals surface area contributed by atoms with Gasteiger partial charge in [0.05, 0.1) is 0 Å². The normalized spacial score (nSPS) is 10.0. The number of benzene rings is 1. The Hall–Kier alpha value is -2.30. The summed E-state index contributed by atoms with van der Waals surface area (Å²) in [5.41, 5.74) is 2.12. The Morgan fingerprint density at radius 2 is 2.00 bits per heavy atom. The van der Waals surface area contributed by atoms with Gasteiger partial charge in [0.2, 0.25) is 0 Å². The lowest BCUT2D eigenvalue weighted by Crippen LogP contribution is -2.24. The topological polar surface area (TPSA) is 67.2 Å². The van der Waals surface area contributed by atoms with Crippen molar-refractivity contribution in [1.82, 2.24) is 10.5 Å². The van der Waals surface area contributed by atoms with E-state index in [2.05, 4.69) is 15.8 Å². The molecular formula is C12H13N3O2. The van der Waals surface area contributed by atoms with E-state index in [1.54, 1.807) is 14.0 Å². The van der Waals surface area contributed by atoms with E-state index in [1.165, 1.54) is 0 Å². The molecule has 2 N–H and O–H groups in total. The van der Waals surface area contributed by atoms with Crippen LogP contribution >= 0.6 is 0 Å². The van der Waals surface area contributed by atoms with Crippen LogP contribution in [0.4, 0.5) is 10.5 Å². The van der Waals surface area contributed by atoms with Crippen molar-refractivity contribution in [3.8, 4) is 11.3 Å². The maximum atomic E-state index is 11.3. The highest BCUT2D eigenvalue weighted by atomic mass is 16.5. The van der Waals surface area contributed by atoms with E-state index in [-0.39, 0.29) is 6.03 Å². The SMILES string of the molecule is CNC(=O)Nc1c(-c2ccccc2)noc1C. The molecular weight excluding hydrogens is 218 g/mol. The van der Waals surface area contributed by atoms with E-state index in [0.717, 1.165) is 5.56 Å². The summed E-state index contributed by atoms with van der Waals surface area (Å²) in [6.07, 6.45) is 0. The lowest BCUT2D eigenvalue weighted by atomic mass is 10.1. The Labute approximate surface area is 98.8 Å². The molecule has 0 aliphatic carbocycles. The van der Waals surface area contributed by atoms with Gasteiger partial charge in [0.15, 0.2) is 5.76 Å². The van der Waals surface area contributed by atoms with Crippen LogP contribution in [0.5, 0.6) is 0 Å². The van der Waals surface area contributed by atoms with Gasteiger partial charge in [-0.05, 0) is 6.92 Å². The van der Waals surface area contributed by atoms with E-state index in [1.807, 2.05) is 30.3 Å². The molecule has 0 saturated carbocycles. The van der Waals surface area contributed by atoms with Crippen LogP contribution in [0.3, 0.4) is 0 Å². The lowest BCUT2D eigenvalue weighted by molar-refractivity contribution is 0.254. The lowest BCUT2D eigenvalue weighted by Gasteiger charge is -2.04. The van der Waals surface area contributed by atoms with Crippen molar-refractivity contribution >= 4 is 11.7 Å². The summed E-state index contributed by atoms with van der Waals surface area (Å²) in [4.78, 5) is 11.3. The van der Waals surface area contributed by atoms with Gasteiger partial charge < -0.3 is 15.2 Å². The first-order valence-corrected chi connectivity index (χ1v) is 5.23. The molecule has 0 unspecified atom stereocenters. The maximum Gasteiger partial charge on any atom is 0.319 e. The number of carbonyl (C=O) groups is 1. The fraction of sp³-hybridized carbons (Fsp3) is 0.167. The number of aromatic nitrogens is 1. The van der Waals surface area contributed by atoms with Gasteiger partial charge in [-0.15, -0.1) is 0 Å². The Kier molecular flexibility index (Phi) is 3.09. The smallest absolute Gasteiger partial charge is 0.319 e. The van der Waals surface area contributed by atoms with Crippen molar-refractivity contribution in [3.05, 3.63) is 36.1 Å². The first-order chi connectivity index (χ1) is 8.22. The average Bonchev–Trinajstić information content (AvgIpc) is 2.72. The van der Waals surface area contributed by atoms with Gasteiger partial charge in [-0.3, -0.25) is 0 Å². The van der Waals surface area contributed by atoms with Gasteiger partial charge in [0, 0.05) is 12.6 Å². The number of anilines is 1. The number of aryl methyl sites for hydroxylation is 1. The minimum absolute atomic E-state index is 0.298. The Morgan fingerprint density at radius 3 is 2.65 bits per heavy atom. The zero-order valence-electron chi connectivity index (χ0n) is 9.65. The third kappa shape index (κ3) is 2.28. The van der Waals surface area contributed by atoms with Crippen LogP contribution in [0.15, 0.2) is 34.9 Å². The van der Waals surface area contributed by atoms with E-state index in [0.29, 0.717) is 17.1 Å². The van der Waals surface area contributed by atoms with Crippen molar-refractivity contribution in [3.63, 3.8) is 0 Å². The summed E-state index contributed by atoms with van der Waals surface area (Å²) in [6, 6.07) is 9.25. The molecule has 0 bridgehead atoms. The molecule has 1 heterocycles. The van der Waals surface area contributed by atoms with Crippen LogP contribution in [0.1, 0.15) is 5.76 Å². The standard InChI is InChI=1S/C12H13N3O2/c1-8-10(14-12(16)13-2)11(15-17-8)9-6-4-3-5-7-9/h3-7H,1-2H3,(H2,13,14,16). The van der Waals surface area contributed by atoms with E-state index >= 15 is 0 Å². The molecule has 1 aromatic heterocycles. The number of carbonyl (C=O) groups excluding carboxylic acids is 1. The first kappa shape index (κ1) is 11.2. The zero-order chi connectivity index (χ0) is 12.3. The zero-order valence-corrected chi connectivity index (χ0v) is 9.65. The molecule has 17 heavy (non-hydrogen) atoms. The van der Waals surface area contributed by atoms with Gasteiger partial charge in [0.1, 0.15) is 11.4 Å². The molecule has 0 aliphatic rings. The summed E-state index contributed by atoms with van der Waals surface area (Å²) >= 11 is 0. The molecule has 5 nitrogen and oxygen atoms in total. The monoisotopic (exact) mass is 231 g/mol. The summed E-state index contributed by atoms with van der Waals surface area (Å²) in [7, 11) is 1.56.